The fourth-order valence-corrected chi connectivity index (χ4v) is 2.95. The van der Waals surface area contributed by atoms with E-state index in [-0.39, 0.29) is 12.5 Å². The molecule has 0 aliphatic carbocycles. The second-order valence-corrected chi connectivity index (χ2v) is 5.35. The largest absolute Gasteiger partial charge is 0.494 e. The van der Waals surface area contributed by atoms with Crippen molar-refractivity contribution in [1.82, 2.24) is 4.90 Å². The van der Waals surface area contributed by atoms with Crippen molar-refractivity contribution in [3.63, 3.8) is 0 Å². The first kappa shape index (κ1) is 14.4. The van der Waals surface area contributed by atoms with Crippen LogP contribution in [-0.2, 0) is 0 Å². The summed E-state index contributed by atoms with van der Waals surface area (Å²) in [5, 5.41) is 9.51. The van der Waals surface area contributed by atoms with Crippen LogP contribution in [0.15, 0.2) is 24.3 Å². The second-order valence-electron chi connectivity index (χ2n) is 5.35. The van der Waals surface area contributed by atoms with Crippen LogP contribution in [0.5, 0.6) is 5.75 Å². The normalized spacial score (nSPS) is 19.3. The summed E-state index contributed by atoms with van der Waals surface area (Å²) in [5.41, 5.74) is 1.28. The molecule has 0 radical (unpaired) electrons. The molecule has 1 aliphatic heterocycles. The summed E-state index contributed by atoms with van der Waals surface area (Å²) < 4.78 is 5.49. The number of likely N-dealkylation sites (tertiary alicyclic amines) is 1. The lowest BCUT2D eigenvalue weighted by molar-refractivity contribution is 0.126. The van der Waals surface area contributed by atoms with E-state index in [9.17, 15) is 5.11 Å². The number of nitrogens with zero attached hydrogens (tertiary/aromatic N) is 1. The van der Waals surface area contributed by atoms with E-state index in [1.807, 2.05) is 19.1 Å². The minimum atomic E-state index is 0.231. The Morgan fingerprint density at radius 1 is 1.21 bits per heavy atom. The van der Waals surface area contributed by atoms with Crippen LogP contribution in [0.2, 0.25) is 0 Å². The molecule has 1 aromatic rings. The maximum absolute atomic E-state index is 9.51. The van der Waals surface area contributed by atoms with Crippen molar-refractivity contribution in [2.75, 3.05) is 26.3 Å². The second kappa shape index (κ2) is 6.92. The van der Waals surface area contributed by atoms with Gasteiger partial charge in [-0.2, -0.15) is 0 Å². The number of hydrogen-bond donors (Lipinski definition) is 1. The molecule has 3 heteroatoms. The lowest BCUT2D eigenvalue weighted by Gasteiger charge is -2.32. The summed E-state index contributed by atoms with van der Waals surface area (Å²) in [6.45, 7) is 7.33. The van der Waals surface area contributed by atoms with E-state index in [1.165, 1.54) is 18.4 Å². The molecule has 1 N–H and O–H groups in total. The van der Waals surface area contributed by atoms with Gasteiger partial charge in [0, 0.05) is 12.6 Å². The van der Waals surface area contributed by atoms with Gasteiger partial charge < -0.3 is 9.84 Å². The monoisotopic (exact) mass is 263 g/mol. The van der Waals surface area contributed by atoms with Crippen LogP contribution in [0.1, 0.15) is 38.3 Å². The van der Waals surface area contributed by atoms with Gasteiger partial charge in [0.05, 0.1) is 6.61 Å². The average molecular weight is 263 g/mol. The van der Waals surface area contributed by atoms with Crippen LogP contribution in [-0.4, -0.2) is 36.3 Å². The molecule has 1 heterocycles. The molecule has 106 valence electrons. The van der Waals surface area contributed by atoms with E-state index in [4.69, 9.17) is 4.74 Å². The zero-order valence-corrected chi connectivity index (χ0v) is 12.0. The topological polar surface area (TPSA) is 32.7 Å². The van der Waals surface area contributed by atoms with E-state index in [0.717, 1.165) is 18.8 Å². The van der Waals surface area contributed by atoms with Gasteiger partial charge in [-0.05, 0) is 56.5 Å². The number of aliphatic hydroxyl groups excluding tert-OH is 1. The fourth-order valence-electron chi connectivity index (χ4n) is 2.95. The van der Waals surface area contributed by atoms with Gasteiger partial charge in [-0.25, -0.2) is 0 Å². The summed E-state index contributed by atoms with van der Waals surface area (Å²) in [6, 6.07) is 8.67. The number of rotatable bonds is 6. The number of benzene rings is 1. The van der Waals surface area contributed by atoms with Gasteiger partial charge in [-0.1, -0.05) is 19.1 Å². The van der Waals surface area contributed by atoms with Crippen molar-refractivity contribution >= 4 is 0 Å². The molecule has 19 heavy (non-hydrogen) atoms. The third kappa shape index (κ3) is 3.48. The molecule has 1 saturated heterocycles. The average Bonchev–Trinajstić information content (AvgIpc) is 2.95. The number of ether oxygens (including phenoxy) is 1. The van der Waals surface area contributed by atoms with Gasteiger partial charge in [0.25, 0.3) is 0 Å². The van der Waals surface area contributed by atoms with Crippen LogP contribution < -0.4 is 4.74 Å². The van der Waals surface area contributed by atoms with Gasteiger partial charge in [0.1, 0.15) is 5.75 Å². The Kier molecular flexibility index (Phi) is 5.23. The van der Waals surface area contributed by atoms with Crippen LogP contribution >= 0.6 is 0 Å². The Morgan fingerprint density at radius 2 is 1.84 bits per heavy atom. The molecule has 0 spiro atoms. The predicted molar refractivity (Wildman–Crippen MR) is 77.4 cm³/mol. The highest BCUT2D eigenvalue weighted by atomic mass is 16.5. The fraction of sp³-hybridized carbons (Fsp3) is 0.625. The van der Waals surface area contributed by atoms with Crippen molar-refractivity contribution in [2.24, 2.45) is 5.92 Å². The first-order valence-corrected chi connectivity index (χ1v) is 7.34. The van der Waals surface area contributed by atoms with Gasteiger partial charge in [0.15, 0.2) is 0 Å². The Morgan fingerprint density at radius 3 is 2.37 bits per heavy atom. The summed E-state index contributed by atoms with van der Waals surface area (Å²) in [5.74, 6) is 1.18. The maximum atomic E-state index is 9.51. The van der Waals surface area contributed by atoms with Crippen molar-refractivity contribution in [1.29, 1.82) is 0 Å². The highest BCUT2D eigenvalue weighted by Gasteiger charge is 2.27. The molecule has 0 bridgehead atoms. The lowest BCUT2D eigenvalue weighted by atomic mass is 9.93. The number of aliphatic hydroxyl groups is 1. The molecule has 1 fully saturated rings. The predicted octanol–water partition coefficient (Wildman–Crippen LogP) is 2.85. The lowest BCUT2D eigenvalue weighted by Crippen LogP contribution is -2.31. The van der Waals surface area contributed by atoms with Gasteiger partial charge in [-0.3, -0.25) is 4.90 Å². The van der Waals surface area contributed by atoms with E-state index >= 15 is 0 Å². The Balaban J connectivity index is 2.16. The standard InChI is InChI=1S/C16H25NO2/c1-3-19-15-8-6-14(7-9-15)16(13(2)12-18)17-10-4-5-11-17/h6-9,13,16,18H,3-5,10-12H2,1-2H3. The van der Waals surface area contributed by atoms with Crippen molar-refractivity contribution < 1.29 is 9.84 Å². The van der Waals surface area contributed by atoms with Crippen molar-refractivity contribution in [2.45, 2.75) is 32.7 Å². The summed E-state index contributed by atoms with van der Waals surface area (Å²) in [6.07, 6.45) is 2.54. The zero-order chi connectivity index (χ0) is 13.7. The molecular formula is C16H25NO2. The zero-order valence-electron chi connectivity index (χ0n) is 12.0. The first-order valence-electron chi connectivity index (χ1n) is 7.34. The molecule has 3 nitrogen and oxygen atoms in total. The van der Waals surface area contributed by atoms with Gasteiger partial charge in [-0.15, -0.1) is 0 Å². The third-order valence-electron chi connectivity index (χ3n) is 3.89. The summed E-state index contributed by atoms with van der Waals surface area (Å²) in [7, 11) is 0. The number of hydrogen-bond acceptors (Lipinski definition) is 3. The molecule has 2 atom stereocenters. The highest BCUT2D eigenvalue weighted by Crippen LogP contribution is 2.32. The van der Waals surface area contributed by atoms with Crippen LogP contribution in [0, 0.1) is 5.92 Å². The van der Waals surface area contributed by atoms with Crippen LogP contribution in [0.3, 0.4) is 0 Å². The molecular weight excluding hydrogens is 238 g/mol. The van der Waals surface area contributed by atoms with E-state index in [2.05, 4.69) is 24.0 Å². The Labute approximate surface area is 116 Å². The van der Waals surface area contributed by atoms with Gasteiger partial charge in [0.2, 0.25) is 0 Å². The van der Waals surface area contributed by atoms with E-state index in [1.54, 1.807) is 0 Å². The molecule has 0 amide bonds. The Hall–Kier alpha value is -1.06. The summed E-state index contributed by atoms with van der Waals surface area (Å²) >= 11 is 0. The third-order valence-corrected chi connectivity index (χ3v) is 3.89. The first-order chi connectivity index (χ1) is 9.26. The molecule has 1 aliphatic rings. The minimum absolute atomic E-state index is 0.231. The summed E-state index contributed by atoms with van der Waals surface area (Å²) in [4.78, 5) is 2.50. The molecule has 2 rings (SSSR count). The molecule has 0 saturated carbocycles. The SMILES string of the molecule is CCOc1ccc(C(C(C)CO)N2CCCC2)cc1. The molecule has 1 aromatic carbocycles. The Bertz CT molecular complexity index is 371. The van der Waals surface area contributed by atoms with Crippen LogP contribution in [0.25, 0.3) is 0 Å². The minimum Gasteiger partial charge on any atom is -0.494 e. The quantitative estimate of drug-likeness (QED) is 0.856. The van der Waals surface area contributed by atoms with Crippen molar-refractivity contribution in [3.8, 4) is 5.75 Å². The van der Waals surface area contributed by atoms with E-state index < -0.39 is 0 Å². The van der Waals surface area contributed by atoms with Crippen molar-refractivity contribution in [3.05, 3.63) is 29.8 Å². The van der Waals surface area contributed by atoms with Gasteiger partial charge >= 0.3 is 0 Å². The molecule has 2 unspecified atom stereocenters. The smallest absolute Gasteiger partial charge is 0.119 e. The maximum Gasteiger partial charge on any atom is 0.119 e. The van der Waals surface area contributed by atoms with E-state index in [0.29, 0.717) is 12.6 Å². The van der Waals surface area contributed by atoms with Crippen LogP contribution in [0.4, 0.5) is 0 Å². The molecule has 0 aromatic heterocycles. The highest BCUT2D eigenvalue weighted by molar-refractivity contribution is 5.29.